The molecule has 3 aromatic rings. The van der Waals surface area contributed by atoms with Crippen molar-refractivity contribution >= 4 is 57.6 Å². The Morgan fingerprint density at radius 3 is 2.44 bits per heavy atom. The molecule has 0 bridgehead atoms. The van der Waals surface area contributed by atoms with E-state index in [1.165, 1.54) is 24.3 Å². The van der Waals surface area contributed by atoms with E-state index in [4.69, 9.17) is 28.6 Å². The minimum Gasteiger partial charge on any atom is -0.489 e. The van der Waals surface area contributed by atoms with E-state index in [1.54, 1.807) is 36.4 Å². The maximum absolute atomic E-state index is 13.9. The third-order valence-electron chi connectivity index (χ3n) is 4.85. The maximum Gasteiger partial charge on any atom is 0.416 e. The van der Waals surface area contributed by atoms with Gasteiger partial charge in [-0.2, -0.15) is 13.2 Å². The van der Waals surface area contributed by atoms with E-state index in [0.717, 1.165) is 28.8 Å². The molecule has 1 fully saturated rings. The minimum absolute atomic E-state index is 0.0521. The largest absolute Gasteiger partial charge is 0.489 e. The van der Waals surface area contributed by atoms with E-state index < -0.39 is 23.5 Å². The lowest BCUT2D eigenvalue weighted by molar-refractivity contribution is -0.137. The van der Waals surface area contributed by atoms with Crippen LogP contribution >= 0.6 is 35.6 Å². The number of alkyl halides is 3. The number of carbonyl (C=O) groups is 1. The van der Waals surface area contributed by atoms with Crippen LogP contribution in [0.25, 0.3) is 6.08 Å². The van der Waals surface area contributed by atoms with Crippen LogP contribution < -0.4 is 9.64 Å². The number of anilines is 1. The molecule has 1 amide bonds. The summed E-state index contributed by atoms with van der Waals surface area (Å²) >= 11 is 12.2. The molecule has 0 radical (unpaired) electrons. The molecular weight excluding hydrogens is 510 g/mol. The fraction of sp³-hybridized carbons (Fsp3) is 0.0833. The fourth-order valence-electron chi connectivity index (χ4n) is 3.15. The Labute approximate surface area is 207 Å². The zero-order chi connectivity index (χ0) is 24.5. The van der Waals surface area contributed by atoms with Gasteiger partial charge in [0.05, 0.1) is 21.2 Å². The van der Waals surface area contributed by atoms with Gasteiger partial charge in [-0.1, -0.05) is 59.8 Å². The molecule has 0 aliphatic carbocycles. The molecule has 1 aliphatic heterocycles. The van der Waals surface area contributed by atoms with Crippen LogP contribution in [0.15, 0.2) is 71.6 Å². The first-order valence-corrected chi connectivity index (χ1v) is 11.3. The van der Waals surface area contributed by atoms with Gasteiger partial charge in [-0.25, -0.2) is 4.39 Å². The molecule has 3 aromatic carbocycles. The summed E-state index contributed by atoms with van der Waals surface area (Å²) in [5, 5.41) is 0.263. The van der Waals surface area contributed by atoms with Gasteiger partial charge in [-0.15, -0.1) is 0 Å². The van der Waals surface area contributed by atoms with Crippen molar-refractivity contribution in [2.75, 3.05) is 4.90 Å². The van der Waals surface area contributed by atoms with Crippen molar-refractivity contribution in [1.82, 2.24) is 0 Å². The molecular formula is C24H14ClF4NO2S2. The number of ether oxygens (including phenoxy) is 1. The summed E-state index contributed by atoms with van der Waals surface area (Å²) in [7, 11) is 0. The molecule has 174 valence electrons. The van der Waals surface area contributed by atoms with Crippen LogP contribution in [0.5, 0.6) is 5.75 Å². The normalized spacial score (nSPS) is 15.3. The molecule has 0 N–H and O–H groups in total. The number of hydrogen-bond donors (Lipinski definition) is 0. The van der Waals surface area contributed by atoms with E-state index >= 15 is 0 Å². The Morgan fingerprint density at radius 2 is 1.76 bits per heavy atom. The SMILES string of the molecule is O=C1/C(=C\c2ccc(OCc3c(F)cccc3Cl)cc2)SC(=S)N1c1cccc(C(F)(F)F)c1. The van der Waals surface area contributed by atoms with Gasteiger partial charge in [0, 0.05) is 5.56 Å². The van der Waals surface area contributed by atoms with Crippen LogP contribution in [0.2, 0.25) is 5.02 Å². The Kier molecular flexibility index (Phi) is 6.97. The summed E-state index contributed by atoms with van der Waals surface area (Å²) in [5.41, 5.74) is 0.0823. The second-order valence-corrected chi connectivity index (χ2v) is 9.21. The summed E-state index contributed by atoms with van der Waals surface area (Å²) in [6.07, 6.45) is -2.95. The van der Waals surface area contributed by atoms with E-state index in [0.29, 0.717) is 11.3 Å². The molecule has 0 atom stereocenters. The smallest absolute Gasteiger partial charge is 0.416 e. The number of halogens is 5. The van der Waals surface area contributed by atoms with Crippen molar-refractivity contribution in [3.63, 3.8) is 0 Å². The number of carbonyl (C=O) groups excluding carboxylic acids is 1. The first kappa shape index (κ1) is 24.3. The second-order valence-electron chi connectivity index (χ2n) is 7.12. The van der Waals surface area contributed by atoms with Crippen molar-refractivity contribution < 1.29 is 27.1 Å². The zero-order valence-electron chi connectivity index (χ0n) is 17.1. The molecule has 0 saturated carbocycles. The van der Waals surface area contributed by atoms with E-state index in [1.807, 2.05) is 0 Å². The molecule has 3 nitrogen and oxygen atoms in total. The second kappa shape index (κ2) is 9.77. The van der Waals surface area contributed by atoms with Gasteiger partial charge in [-0.05, 0) is 54.1 Å². The minimum atomic E-state index is -4.53. The van der Waals surface area contributed by atoms with Gasteiger partial charge >= 0.3 is 6.18 Å². The van der Waals surface area contributed by atoms with Gasteiger partial charge in [0.1, 0.15) is 18.2 Å². The highest BCUT2D eigenvalue weighted by molar-refractivity contribution is 8.27. The Bertz CT molecular complexity index is 1270. The number of amides is 1. The van der Waals surface area contributed by atoms with Crippen LogP contribution in [-0.4, -0.2) is 10.2 Å². The monoisotopic (exact) mass is 523 g/mol. The molecule has 10 heteroatoms. The third-order valence-corrected chi connectivity index (χ3v) is 6.50. The summed E-state index contributed by atoms with van der Waals surface area (Å²) in [4.78, 5) is 14.2. The van der Waals surface area contributed by atoms with E-state index in [9.17, 15) is 22.4 Å². The van der Waals surface area contributed by atoms with E-state index in [-0.39, 0.29) is 32.1 Å². The highest BCUT2D eigenvalue weighted by atomic mass is 35.5. The number of thioether (sulfide) groups is 1. The summed E-state index contributed by atoms with van der Waals surface area (Å²) in [5.74, 6) is -0.510. The topological polar surface area (TPSA) is 29.5 Å². The van der Waals surface area contributed by atoms with Crippen molar-refractivity contribution in [2.24, 2.45) is 0 Å². The number of nitrogens with zero attached hydrogens (tertiary/aromatic N) is 1. The Balaban J connectivity index is 1.48. The fourth-order valence-corrected chi connectivity index (χ4v) is 4.67. The van der Waals surface area contributed by atoms with Crippen LogP contribution in [0, 0.1) is 5.82 Å². The number of benzene rings is 3. The van der Waals surface area contributed by atoms with Gasteiger partial charge in [0.25, 0.3) is 5.91 Å². The molecule has 0 aromatic heterocycles. The van der Waals surface area contributed by atoms with E-state index in [2.05, 4.69) is 0 Å². The number of rotatable bonds is 5. The Hall–Kier alpha value is -2.88. The average molecular weight is 524 g/mol. The molecule has 0 spiro atoms. The lowest BCUT2D eigenvalue weighted by Crippen LogP contribution is -2.27. The van der Waals surface area contributed by atoms with Gasteiger partial charge in [0.2, 0.25) is 0 Å². The van der Waals surface area contributed by atoms with Crippen LogP contribution in [0.3, 0.4) is 0 Å². The maximum atomic E-state index is 13.9. The third kappa shape index (κ3) is 5.27. The van der Waals surface area contributed by atoms with Crippen LogP contribution in [-0.2, 0) is 17.6 Å². The number of hydrogen-bond acceptors (Lipinski definition) is 4. The lowest BCUT2D eigenvalue weighted by atomic mass is 10.1. The van der Waals surface area contributed by atoms with Crippen LogP contribution in [0.4, 0.5) is 23.2 Å². The standard InChI is InChI=1S/C24H14ClF4NO2S2/c25-19-5-2-6-20(26)18(19)13-32-17-9-7-14(8-10-17)11-21-22(31)30(23(33)34-21)16-4-1-3-15(12-16)24(27,28)29/h1-12H,13H2/b21-11+. The van der Waals surface area contributed by atoms with Crippen molar-refractivity contribution in [3.05, 3.63) is 99.2 Å². The highest BCUT2D eigenvalue weighted by Crippen LogP contribution is 2.38. The lowest BCUT2D eigenvalue weighted by Gasteiger charge is -2.16. The first-order chi connectivity index (χ1) is 16.1. The molecule has 0 unspecified atom stereocenters. The van der Waals surface area contributed by atoms with Gasteiger partial charge in [-0.3, -0.25) is 9.69 Å². The van der Waals surface area contributed by atoms with Crippen molar-refractivity contribution in [3.8, 4) is 5.75 Å². The zero-order valence-corrected chi connectivity index (χ0v) is 19.5. The Morgan fingerprint density at radius 1 is 1.06 bits per heavy atom. The number of thiocarbonyl (C=S) groups is 1. The molecule has 1 aliphatic rings. The van der Waals surface area contributed by atoms with Crippen LogP contribution in [0.1, 0.15) is 16.7 Å². The van der Waals surface area contributed by atoms with Gasteiger partial charge < -0.3 is 4.74 Å². The summed E-state index contributed by atoms with van der Waals surface area (Å²) in [6, 6.07) is 15.5. The molecule has 1 heterocycles. The first-order valence-electron chi connectivity index (χ1n) is 9.74. The summed E-state index contributed by atoms with van der Waals surface area (Å²) < 4.78 is 58.7. The molecule has 4 rings (SSSR count). The molecule has 1 saturated heterocycles. The molecule has 34 heavy (non-hydrogen) atoms. The van der Waals surface area contributed by atoms with Crippen molar-refractivity contribution in [2.45, 2.75) is 12.8 Å². The average Bonchev–Trinajstić information content (AvgIpc) is 3.06. The van der Waals surface area contributed by atoms with Crippen molar-refractivity contribution in [1.29, 1.82) is 0 Å². The predicted octanol–water partition coefficient (Wildman–Crippen LogP) is 7.48. The quantitative estimate of drug-likeness (QED) is 0.197. The summed E-state index contributed by atoms with van der Waals surface area (Å²) in [6.45, 7) is -0.0551. The highest BCUT2D eigenvalue weighted by Gasteiger charge is 2.36. The van der Waals surface area contributed by atoms with Gasteiger partial charge in [0.15, 0.2) is 4.32 Å². The predicted molar refractivity (Wildman–Crippen MR) is 129 cm³/mol.